The molecule has 0 bridgehead atoms. The Morgan fingerprint density at radius 2 is 2.00 bits per heavy atom. The van der Waals surface area contributed by atoms with Crippen LogP contribution in [-0.2, 0) is 0 Å². The van der Waals surface area contributed by atoms with Crippen molar-refractivity contribution in [1.82, 2.24) is 0 Å². The zero-order chi connectivity index (χ0) is 4.28. The van der Waals surface area contributed by atoms with Crippen molar-refractivity contribution >= 4 is 36.8 Å². The minimum absolute atomic E-state index is 0.423. The van der Waals surface area contributed by atoms with Gasteiger partial charge in [-0.15, -0.1) is 11.6 Å². The standard InChI is InChI=1S/C2H3Cl2P/c3-1-2(4)5/h5H,1H2/p+1. The first kappa shape index (κ1) is 5.75. The molecule has 30 valence electrons. The third-order valence-electron chi connectivity index (χ3n) is 0.128. The summed E-state index contributed by atoms with van der Waals surface area (Å²) < 4.78 is 0.659. The molecule has 1 atom stereocenters. The zero-order valence-corrected chi connectivity index (χ0v) is 5.21. The maximum atomic E-state index is 5.21. The van der Waals surface area contributed by atoms with Crippen LogP contribution in [-0.4, -0.2) is 10.6 Å². The van der Waals surface area contributed by atoms with E-state index in [1.807, 2.05) is 0 Å². The van der Waals surface area contributed by atoms with Crippen molar-refractivity contribution in [2.75, 3.05) is 5.88 Å². The van der Waals surface area contributed by atoms with Crippen LogP contribution in [0.1, 0.15) is 0 Å². The first-order valence-corrected chi connectivity index (χ1v) is 2.59. The fourth-order valence-corrected chi connectivity index (χ4v) is 0. The van der Waals surface area contributed by atoms with Crippen molar-refractivity contribution in [3.63, 3.8) is 0 Å². The summed E-state index contributed by atoms with van der Waals surface area (Å²) in [5, 5.41) is 0. The second kappa shape index (κ2) is 2.96. The van der Waals surface area contributed by atoms with Gasteiger partial charge >= 0.3 is 0 Å². The van der Waals surface area contributed by atoms with Gasteiger partial charge in [-0.2, -0.15) is 0 Å². The summed E-state index contributed by atoms with van der Waals surface area (Å²) in [5.41, 5.74) is 0. The summed E-state index contributed by atoms with van der Waals surface area (Å²) in [6.07, 6.45) is 0. The van der Waals surface area contributed by atoms with E-state index in [1.165, 1.54) is 0 Å². The Bertz CT molecular complexity index is 42.9. The molecular formula is C2H4Cl2P+. The average molecular weight is 130 g/mol. The highest BCUT2D eigenvalue weighted by atomic mass is 35.5. The minimum Gasteiger partial charge on any atom is -0.116 e. The van der Waals surface area contributed by atoms with Crippen molar-refractivity contribution in [3.8, 4) is 0 Å². The highest BCUT2D eigenvalue weighted by molar-refractivity contribution is 7.30. The Balaban J connectivity index is 2.85. The molecule has 0 saturated heterocycles. The van der Waals surface area contributed by atoms with Crippen molar-refractivity contribution in [3.05, 3.63) is 0 Å². The molecule has 0 rings (SSSR count). The molecule has 0 aliphatic heterocycles. The van der Waals surface area contributed by atoms with Crippen LogP contribution >= 0.6 is 32.1 Å². The predicted molar refractivity (Wildman–Crippen MR) is 31.3 cm³/mol. The van der Waals surface area contributed by atoms with Gasteiger partial charge in [-0.25, -0.2) is 0 Å². The highest BCUT2D eigenvalue weighted by Crippen LogP contribution is 1.88. The number of alkyl halides is 1. The molecule has 0 saturated carbocycles. The Morgan fingerprint density at radius 1 is 1.80 bits per heavy atom. The van der Waals surface area contributed by atoms with Crippen LogP contribution in [0.2, 0.25) is 0 Å². The lowest BCUT2D eigenvalue weighted by Crippen LogP contribution is -1.75. The number of halogens is 2. The van der Waals surface area contributed by atoms with Crippen molar-refractivity contribution in [2.45, 2.75) is 0 Å². The molecule has 0 heterocycles. The molecule has 0 aromatic carbocycles. The van der Waals surface area contributed by atoms with Crippen molar-refractivity contribution in [2.24, 2.45) is 0 Å². The lowest BCUT2D eigenvalue weighted by Gasteiger charge is -1.64. The summed E-state index contributed by atoms with van der Waals surface area (Å²) in [6.45, 7) is 0. The van der Waals surface area contributed by atoms with Crippen LogP contribution in [0, 0.1) is 0 Å². The summed E-state index contributed by atoms with van der Waals surface area (Å²) in [7, 11) is 2.28. The largest absolute Gasteiger partial charge is 0.196 e. The molecule has 0 amide bonds. The molecule has 0 aliphatic carbocycles. The van der Waals surface area contributed by atoms with E-state index in [9.17, 15) is 0 Å². The van der Waals surface area contributed by atoms with E-state index >= 15 is 0 Å². The van der Waals surface area contributed by atoms with Gasteiger partial charge in [-0.05, 0) is 11.6 Å². The average Bonchev–Trinajstić information content (AvgIpc) is 1.38. The molecule has 5 heavy (non-hydrogen) atoms. The highest BCUT2D eigenvalue weighted by Gasteiger charge is 1.83. The summed E-state index contributed by atoms with van der Waals surface area (Å²) in [6, 6.07) is 0. The molecule has 1 unspecified atom stereocenters. The van der Waals surface area contributed by atoms with E-state index in [0.29, 0.717) is 10.6 Å². The van der Waals surface area contributed by atoms with Gasteiger partial charge in [0.25, 0.3) is 0 Å². The third-order valence-corrected chi connectivity index (χ3v) is 1.15. The fourth-order valence-electron chi connectivity index (χ4n) is 0. The molecule has 0 fully saturated rings. The molecular weight excluding hydrogens is 126 g/mol. The second-order valence-electron chi connectivity index (χ2n) is 0.580. The topological polar surface area (TPSA) is 0 Å². The summed E-state index contributed by atoms with van der Waals surface area (Å²) in [4.78, 5) is 0. The van der Waals surface area contributed by atoms with E-state index in [1.54, 1.807) is 0 Å². The predicted octanol–water partition coefficient (Wildman–Crippen LogP) is 1.47. The molecule has 0 radical (unpaired) electrons. The van der Waals surface area contributed by atoms with Gasteiger partial charge in [0.2, 0.25) is 0 Å². The first-order chi connectivity index (χ1) is 2.27. The quantitative estimate of drug-likeness (QED) is 0.372. The van der Waals surface area contributed by atoms with Crippen molar-refractivity contribution < 1.29 is 0 Å². The van der Waals surface area contributed by atoms with Gasteiger partial charge < -0.3 is 0 Å². The van der Waals surface area contributed by atoms with E-state index in [0.717, 1.165) is 0 Å². The normalized spacial score (nSPS) is 7.60. The number of rotatable bonds is 1. The monoisotopic (exact) mass is 129 g/mol. The van der Waals surface area contributed by atoms with E-state index in [-0.39, 0.29) is 0 Å². The summed E-state index contributed by atoms with van der Waals surface area (Å²) >= 11 is 10.4. The van der Waals surface area contributed by atoms with Gasteiger partial charge in [0.15, 0.2) is 4.75 Å². The van der Waals surface area contributed by atoms with Gasteiger partial charge in [-0.1, -0.05) is 0 Å². The molecule has 0 aromatic heterocycles. The van der Waals surface area contributed by atoms with E-state index < -0.39 is 0 Å². The molecule has 0 aromatic rings. The fraction of sp³-hybridized carbons (Fsp3) is 0.500. The number of hydrogen-bond donors (Lipinski definition) is 0. The molecule has 0 N–H and O–H groups in total. The van der Waals surface area contributed by atoms with Crippen LogP contribution in [0.3, 0.4) is 0 Å². The molecule has 3 heteroatoms. The van der Waals surface area contributed by atoms with E-state index in [4.69, 9.17) is 23.2 Å². The lowest BCUT2D eigenvalue weighted by atomic mass is 11.0. The first-order valence-electron chi connectivity index (χ1n) is 1.10. The van der Waals surface area contributed by atoms with Crippen LogP contribution in [0.4, 0.5) is 0 Å². The Hall–Kier alpha value is 0.750. The van der Waals surface area contributed by atoms with Crippen LogP contribution < -0.4 is 0 Å². The van der Waals surface area contributed by atoms with Gasteiger partial charge in [0, 0.05) is 0 Å². The number of hydrogen-bond acceptors (Lipinski definition) is 0. The summed E-state index contributed by atoms with van der Waals surface area (Å²) in [5.74, 6) is 0.423. The van der Waals surface area contributed by atoms with Crippen LogP contribution in [0.15, 0.2) is 0 Å². The lowest BCUT2D eigenvalue weighted by molar-refractivity contribution is 2.09. The Labute approximate surface area is 43.3 Å². The molecule has 0 spiro atoms. The van der Waals surface area contributed by atoms with Crippen molar-refractivity contribution in [1.29, 1.82) is 0 Å². The van der Waals surface area contributed by atoms with Crippen LogP contribution in [0.5, 0.6) is 0 Å². The third kappa shape index (κ3) is 4.75. The van der Waals surface area contributed by atoms with Gasteiger partial charge in [0.05, 0.1) is 14.7 Å². The Kier molecular flexibility index (Phi) is 3.40. The maximum absolute atomic E-state index is 5.21. The smallest absolute Gasteiger partial charge is 0.116 e. The minimum atomic E-state index is 0.423. The maximum Gasteiger partial charge on any atom is 0.196 e. The zero-order valence-electron chi connectivity index (χ0n) is 2.54. The van der Waals surface area contributed by atoms with Crippen LogP contribution in [0.25, 0.3) is 0 Å². The molecule has 0 aliphatic rings. The Morgan fingerprint density at radius 3 is 2.00 bits per heavy atom. The van der Waals surface area contributed by atoms with Gasteiger partial charge in [0.1, 0.15) is 0 Å². The van der Waals surface area contributed by atoms with E-state index in [2.05, 4.69) is 8.86 Å². The van der Waals surface area contributed by atoms with Gasteiger partial charge in [-0.3, -0.25) is 0 Å². The SMILES string of the molecule is [PH2+]=C(Cl)CCl. The second-order valence-corrected chi connectivity index (χ2v) is 2.40. The molecule has 0 nitrogen and oxygen atoms in total.